The number of nitrogens with zero attached hydrogens (tertiary/aromatic N) is 1. The molecule has 3 aromatic rings. The van der Waals surface area contributed by atoms with Gasteiger partial charge in [0.25, 0.3) is 5.91 Å². The summed E-state index contributed by atoms with van der Waals surface area (Å²) in [5.74, 6) is 0.146. The highest BCUT2D eigenvalue weighted by Gasteiger charge is 2.11. The molecule has 0 spiro atoms. The average Bonchev–Trinajstić information content (AvgIpc) is 3.14. The first kappa shape index (κ1) is 19.9. The van der Waals surface area contributed by atoms with Crippen molar-refractivity contribution in [3.63, 3.8) is 0 Å². The van der Waals surface area contributed by atoms with Crippen molar-refractivity contribution in [2.45, 2.75) is 12.8 Å². The van der Waals surface area contributed by atoms with Crippen LogP contribution in [0.15, 0.2) is 53.9 Å². The summed E-state index contributed by atoms with van der Waals surface area (Å²) in [5.41, 5.74) is 1.82. The number of aromatic nitrogens is 1. The maximum absolute atomic E-state index is 12.2. The molecule has 0 saturated heterocycles. The van der Waals surface area contributed by atoms with Crippen LogP contribution in [0.25, 0.3) is 0 Å². The van der Waals surface area contributed by atoms with E-state index in [1.807, 2.05) is 11.4 Å². The molecule has 144 valence electrons. The summed E-state index contributed by atoms with van der Waals surface area (Å²) >= 11 is 7.29. The van der Waals surface area contributed by atoms with Crippen molar-refractivity contribution in [1.82, 2.24) is 4.98 Å². The SMILES string of the molecule is COc1ccc(Cl)cc1NC(=O)CCc1csc(NC(=O)c2ccccc2)n1. The Labute approximate surface area is 171 Å². The third-order valence-electron chi connectivity index (χ3n) is 3.85. The number of carbonyl (C=O) groups is 2. The van der Waals surface area contributed by atoms with E-state index < -0.39 is 0 Å². The molecule has 28 heavy (non-hydrogen) atoms. The molecule has 0 radical (unpaired) electrons. The number of thiazole rings is 1. The zero-order valence-corrected chi connectivity index (χ0v) is 16.6. The van der Waals surface area contributed by atoms with E-state index >= 15 is 0 Å². The van der Waals surface area contributed by atoms with Gasteiger partial charge in [0.15, 0.2) is 5.13 Å². The maximum atomic E-state index is 12.2. The lowest BCUT2D eigenvalue weighted by molar-refractivity contribution is -0.116. The molecular weight excluding hydrogens is 398 g/mol. The van der Waals surface area contributed by atoms with Gasteiger partial charge in [-0.3, -0.25) is 14.9 Å². The van der Waals surface area contributed by atoms with Gasteiger partial charge in [-0.25, -0.2) is 4.98 Å². The lowest BCUT2D eigenvalue weighted by Crippen LogP contribution is -2.13. The highest BCUT2D eigenvalue weighted by Crippen LogP contribution is 2.28. The van der Waals surface area contributed by atoms with E-state index in [1.165, 1.54) is 18.4 Å². The third-order valence-corrected chi connectivity index (χ3v) is 4.89. The zero-order chi connectivity index (χ0) is 19.9. The van der Waals surface area contributed by atoms with Gasteiger partial charge in [-0.05, 0) is 36.8 Å². The van der Waals surface area contributed by atoms with Crippen molar-refractivity contribution in [3.8, 4) is 5.75 Å². The molecule has 0 aliphatic heterocycles. The van der Waals surface area contributed by atoms with Gasteiger partial charge in [0.1, 0.15) is 5.75 Å². The summed E-state index contributed by atoms with van der Waals surface area (Å²) in [4.78, 5) is 28.7. The van der Waals surface area contributed by atoms with E-state index in [9.17, 15) is 9.59 Å². The van der Waals surface area contributed by atoms with Gasteiger partial charge < -0.3 is 10.1 Å². The predicted octanol–water partition coefficient (Wildman–Crippen LogP) is 4.63. The van der Waals surface area contributed by atoms with Crippen LogP contribution in [-0.4, -0.2) is 23.9 Å². The van der Waals surface area contributed by atoms with Crippen LogP contribution in [0.3, 0.4) is 0 Å². The molecule has 2 N–H and O–H groups in total. The molecule has 0 fully saturated rings. The second-order valence-electron chi connectivity index (χ2n) is 5.86. The normalized spacial score (nSPS) is 10.4. The molecule has 0 aliphatic carbocycles. The Morgan fingerprint density at radius 1 is 1.14 bits per heavy atom. The fourth-order valence-electron chi connectivity index (χ4n) is 2.47. The van der Waals surface area contributed by atoms with Gasteiger partial charge in [0, 0.05) is 22.4 Å². The fourth-order valence-corrected chi connectivity index (χ4v) is 3.38. The van der Waals surface area contributed by atoms with E-state index in [0.29, 0.717) is 33.6 Å². The molecule has 2 amide bonds. The van der Waals surface area contributed by atoms with Crippen molar-refractivity contribution in [2.24, 2.45) is 0 Å². The number of methoxy groups -OCH3 is 1. The number of rotatable bonds is 7. The lowest BCUT2D eigenvalue weighted by Gasteiger charge is -2.10. The standard InChI is InChI=1S/C20H18ClN3O3S/c1-27-17-9-7-14(21)11-16(17)23-18(25)10-8-15-12-28-20(22-15)24-19(26)13-5-3-2-4-6-13/h2-7,9,11-12H,8,10H2,1H3,(H,23,25)(H,22,24,26). The summed E-state index contributed by atoms with van der Waals surface area (Å²) in [7, 11) is 1.53. The van der Waals surface area contributed by atoms with Crippen LogP contribution in [0, 0.1) is 0 Å². The average molecular weight is 416 g/mol. The third kappa shape index (κ3) is 5.31. The summed E-state index contributed by atoms with van der Waals surface area (Å²) in [6.07, 6.45) is 0.692. The quantitative estimate of drug-likeness (QED) is 0.589. The molecular formula is C20H18ClN3O3S. The van der Waals surface area contributed by atoms with Crippen LogP contribution in [0.5, 0.6) is 5.75 Å². The summed E-state index contributed by atoms with van der Waals surface area (Å²) < 4.78 is 5.22. The monoisotopic (exact) mass is 415 g/mol. The Morgan fingerprint density at radius 2 is 1.93 bits per heavy atom. The van der Waals surface area contributed by atoms with Crippen molar-refractivity contribution in [2.75, 3.05) is 17.7 Å². The molecule has 0 unspecified atom stereocenters. The van der Waals surface area contributed by atoms with Crippen LogP contribution in [0.1, 0.15) is 22.5 Å². The topological polar surface area (TPSA) is 80.3 Å². The molecule has 0 bridgehead atoms. The minimum Gasteiger partial charge on any atom is -0.495 e. The molecule has 1 heterocycles. The Morgan fingerprint density at radius 3 is 2.68 bits per heavy atom. The molecule has 8 heteroatoms. The van der Waals surface area contributed by atoms with Gasteiger partial charge in [-0.1, -0.05) is 29.8 Å². The molecule has 3 rings (SSSR count). The highest BCUT2D eigenvalue weighted by molar-refractivity contribution is 7.14. The molecule has 0 aliphatic rings. The zero-order valence-electron chi connectivity index (χ0n) is 15.1. The molecule has 1 aromatic heterocycles. The summed E-state index contributed by atoms with van der Waals surface area (Å²) in [6, 6.07) is 13.9. The summed E-state index contributed by atoms with van der Waals surface area (Å²) in [6.45, 7) is 0. The van der Waals surface area contributed by atoms with E-state index in [2.05, 4.69) is 15.6 Å². The van der Waals surface area contributed by atoms with E-state index in [4.69, 9.17) is 16.3 Å². The second-order valence-corrected chi connectivity index (χ2v) is 7.15. The van der Waals surface area contributed by atoms with Gasteiger partial charge in [-0.2, -0.15) is 0 Å². The Kier molecular flexibility index (Phi) is 6.62. The Bertz CT molecular complexity index is 976. The molecule has 0 atom stereocenters. The fraction of sp³-hybridized carbons (Fsp3) is 0.150. The number of hydrogen-bond donors (Lipinski definition) is 2. The van der Waals surface area contributed by atoms with E-state index in [-0.39, 0.29) is 18.2 Å². The van der Waals surface area contributed by atoms with Crippen molar-refractivity contribution in [1.29, 1.82) is 0 Å². The predicted molar refractivity (Wildman–Crippen MR) is 111 cm³/mol. The van der Waals surface area contributed by atoms with Crippen LogP contribution in [0.4, 0.5) is 10.8 Å². The van der Waals surface area contributed by atoms with Gasteiger partial charge in [0.05, 0.1) is 18.5 Å². The number of aryl methyl sites for hydroxylation is 1. The van der Waals surface area contributed by atoms with Crippen LogP contribution in [0.2, 0.25) is 5.02 Å². The second kappa shape index (κ2) is 9.34. The molecule has 0 saturated carbocycles. The summed E-state index contributed by atoms with van der Waals surface area (Å²) in [5, 5.41) is 8.39. The number of amides is 2. The molecule has 2 aromatic carbocycles. The Hall–Kier alpha value is -2.90. The Balaban J connectivity index is 1.54. The number of ether oxygens (including phenoxy) is 1. The number of anilines is 2. The minimum absolute atomic E-state index is 0.177. The number of nitrogens with one attached hydrogen (secondary N) is 2. The van der Waals surface area contributed by atoms with Crippen molar-refractivity contribution in [3.05, 3.63) is 70.2 Å². The number of hydrogen-bond acceptors (Lipinski definition) is 5. The first-order valence-corrected chi connectivity index (χ1v) is 9.75. The number of carbonyl (C=O) groups excluding carboxylic acids is 2. The minimum atomic E-state index is -0.215. The highest BCUT2D eigenvalue weighted by atomic mass is 35.5. The number of halogens is 1. The van der Waals surface area contributed by atoms with Crippen molar-refractivity contribution < 1.29 is 14.3 Å². The first-order valence-electron chi connectivity index (χ1n) is 8.49. The van der Waals surface area contributed by atoms with Gasteiger partial charge >= 0.3 is 0 Å². The largest absolute Gasteiger partial charge is 0.495 e. The lowest BCUT2D eigenvalue weighted by atomic mass is 10.2. The van der Waals surface area contributed by atoms with E-state index in [0.717, 1.165) is 5.69 Å². The smallest absolute Gasteiger partial charge is 0.257 e. The van der Waals surface area contributed by atoms with Crippen LogP contribution in [-0.2, 0) is 11.2 Å². The number of benzene rings is 2. The van der Waals surface area contributed by atoms with Crippen LogP contribution >= 0.6 is 22.9 Å². The van der Waals surface area contributed by atoms with Crippen LogP contribution < -0.4 is 15.4 Å². The van der Waals surface area contributed by atoms with Crippen molar-refractivity contribution >= 4 is 45.6 Å². The van der Waals surface area contributed by atoms with E-state index in [1.54, 1.807) is 42.5 Å². The van der Waals surface area contributed by atoms with Gasteiger partial charge in [-0.15, -0.1) is 11.3 Å². The van der Waals surface area contributed by atoms with Gasteiger partial charge in [0.2, 0.25) is 5.91 Å². The first-order chi connectivity index (χ1) is 13.5. The maximum Gasteiger partial charge on any atom is 0.257 e. The molecule has 6 nitrogen and oxygen atoms in total.